The zero-order valence-electron chi connectivity index (χ0n) is 17.7. The topological polar surface area (TPSA) is 88.0 Å². The molecule has 34 heavy (non-hydrogen) atoms. The van der Waals surface area contributed by atoms with Gasteiger partial charge in [-0.15, -0.1) is 0 Å². The summed E-state index contributed by atoms with van der Waals surface area (Å²) >= 11 is 0. The number of hydrogen-bond donors (Lipinski definition) is 2. The molecule has 4 rings (SSSR count). The first-order chi connectivity index (χ1) is 16.3. The van der Waals surface area contributed by atoms with Crippen LogP contribution < -0.4 is 10.7 Å². The van der Waals surface area contributed by atoms with E-state index in [0.717, 1.165) is 24.0 Å². The van der Waals surface area contributed by atoms with Crippen LogP contribution in [-0.2, 0) is 6.18 Å². The zero-order chi connectivity index (χ0) is 24.1. The van der Waals surface area contributed by atoms with E-state index >= 15 is 0 Å². The average molecular weight is 467 g/mol. The molecule has 0 radical (unpaired) electrons. The predicted octanol–water partition coefficient (Wildman–Crippen LogP) is 5.59. The molecule has 172 valence electrons. The van der Waals surface area contributed by atoms with E-state index in [2.05, 4.69) is 35.8 Å². The number of aromatic nitrogens is 4. The lowest BCUT2D eigenvalue weighted by molar-refractivity contribution is -0.137. The van der Waals surface area contributed by atoms with Crippen LogP contribution in [-0.4, -0.2) is 26.2 Å². The summed E-state index contributed by atoms with van der Waals surface area (Å²) in [4.78, 5) is 16.3. The van der Waals surface area contributed by atoms with Crippen LogP contribution in [0.2, 0.25) is 0 Å². The van der Waals surface area contributed by atoms with Gasteiger partial charge in [0.1, 0.15) is 5.69 Å². The molecule has 3 aromatic heterocycles. The fourth-order valence-corrected chi connectivity index (χ4v) is 2.97. The lowest BCUT2D eigenvalue weighted by Gasteiger charge is -2.10. The van der Waals surface area contributed by atoms with Gasteiger partial charge in [0.25, 0.3) is 0 Å². The Bertz CT molecular complexity index is 1320. The first kappa shape index (κ1) is 22.8. The maximum absolute atomic E-state index is 14.2. The van der Waals surface area contributed by atoms with Crippen molar-refractivity contribution in [3.8, 4) is 11.3 Å². The van der Waals surface area contributed by atoms with Crippen LogP contribution in [0.25, 0.3) is 11.3 Å². The van der Waals surface area contributed by atoms with Gasteiger partial charge >= 0.3 is 6.18 Å². The van der Waals surface area contributed by atoms with Gasteiger partial charge < -0.3 is 5.32 Å². The Labute approximate surface area is 191 Å². The van der Waals surface area contributed by atoms with Crippen molar-refractivity contribution in [3.63, 3.8) is 0 Å². The fourth-order valence-electron chi connectivity index (χ4n) is 2.97. The molecule has 0 unspecified atom stereocenters. The quantitative estimate of drug-likeness (QED) is 0.218. The van der Waals surface area contributed by atoms with Crippen LogP contribution in [0, 0.1) is 12.7 Å². The van der Waals surface area contributed by atoms with E-state index in [1.807, 2.05) is 0 Å². The standard InChI is InChI=1S/C23H17F4N7/c1-14-9-15(7-8-28-14)21-20(24)13-30-22(33-21)34-31-12-18-5-6-19(11-29-18)32-17-4-2-3-16(10-17)23(25,26)27/h2-13,32H,1H3,(H,30,33,34)/b31-12+. The van der Waals surface area contributed by atoms with Gasteiger partial charge in [0.15, 0.2) is 5.82 Å². The number of nitrogens with zero attached hydrogens (tertiary/aromatic N) is 5. The molecule has 0 amide bonds. The maximum atomic E-state index is 14.2. The third-order valence-electron chi connectivity index (χ3n) is 4.54. The number of hydrogen-bond acceptors (Lipinski definition) is 7. The monoisotopic (exact) mass is 467 g/mol. The van der Waals surface area contributed by atoms with Crippen molar-refractivity contribution in [2.24, 2.45) is 5.10 Å². The Kier molecular flexibility index (Phi) is 6.44. The molecule has 0 saturated carbocycles. The van der Waals surface area contributed by atoms with Crippen molar-refractivity contribution in [2.75, 3.05) is 10.7 Å². The number of benzene rings is 1. The van der Waals surface area contributed by atoms with E-state index in [4.69, 9.17) is 0 Å². The summed E-state index contributed by atoms with van der Waals surface area (Å²) in [6, 6.07) is 11.5. The van der Waals surface area contributed by atoms with Crippen LogP contribution in [0.3, 0.4) is 0 Å². The number of halogens is 4. The fraction of sp³-hybridized carbons (Fsp3) is 0.0870. The van der Waals surface area contributed by atoms with E-state index in [0.29, 0.717) is 16.9 Å². The molecule has 4 aromatic rings. The van der Waals surface area contributed by atoms with Crippen molar-refractivity contribution < 1.29 is 17.6 Å². The highest BCUT2D eigenvalue weighted by atomic mass is 19.4. The Morgan fingerprint density at radius 2 is 1.79 bits per heavy atom. The Balaban J connectivity index is 1.41. The van der Waals surface area contributed by atoms with Gasteiger partial charge in [-0.25, -0.2) is 19.8 Å². The minimum atomic E-state index is -4.42. The van der Waals surface area contributed by atoms with Crippen LogP contribution >= 0.6 is 0 Å². The highest BCUT2D eigenvalue weighted by Crippen LogP contribution is 2.31. The molecule has 0 saturated heterocycles. The summed E-state index contributed by atoms with van der Waals surface area (Å²) in [5, 5.41) is 6.88. The number of aryl methyl sites for hydroxylation is 1. The molecule has 3 heterocycles. The second-order valence-corrected chi connectivity index (χ2v) is 7.12. The van der Waals surface area contributed by atoms with Crippen molar-refractivity contribution >= 4 is 23.5 Å². The molecule has 11 heteroatoms. The molecule has 0 spiro atoms. The van der Waals surface area contributed by atoms with Crippen molar-refractivity contribution in [3.05, 3.63) is 89.9 Å². The summed E-state index contributed by atoms with van der Waals surface area (Å²) in [6.07, 6.45) is 1.05. The van der Waals surface area contributed by atoms with Gasteiger partial charge in [-0.2, -0.15) is 18.3 Å². The number of alkyl halides is 3. The number of nitrogens with one attached hydrogen (secondary N) is 2. The highest BCUT2D eigenvalue weighted by molar-refractivity contribution is 5.78. The largest absolute Gasteiger partial charge is 0.416 e. The molecule has 0 fully saturated rings. The summed E-state index contributed by atoms with van der Waals surface area (Å²) < 4.78 is 52.7. The molecular weight excluding hydrogens is 450 g/mol. The number of rotatable bonds is 6. The molecule has 0 aliphatic carbocycles. The second kappa shape index (κ2) is 9.61. The first-order valence-electron chi connectivity index (χ1n) is 9.93. The molecule has 2 N–H and O–H groups in total. The Morgan fingerprint density at radius 1 is 0.941 bits per heavy atom. The zero-order valence-corrected chi connectivity index (χ0v) is 17.7. The second-order valence-electron chi connectivity index (χ2n) is 7.12. The molecule has 0 bridgehead atoms. The number of hydrazone groups is 1. The Morgan fingerprint density at radius 3 is 2.53 bits per heavy atom. The van der Waals surface area contributed by atoms with Crippen LogP contribution in [0.15, 0.2) is 72.2 Å². The van der Waals surface area contributed by atoms with Gasteiger partial charge in [-0.1, -0.05) is 6.07 Å². The Hall–Kier alpha value is -4.41. The van der Waals surface area contributed by atoms with Gasteiger partial charge in [-0.05, 0) is 49.4 Å². The van der Waals surface area contributed by atoms with Crippen LogP contribution in [0.4, 0.5) is 34.9 Å². The lowest BCUT2D eigenvalue weighted by atomic mass is 10.1. The molecular formula is C23H17F4N7. The van der Waals surface area contributed by atoms with Crippen molar-refractivity contribution in [1.29, 1.82) is 0 Å². The molecule has 0 aliphatic heterocycles. The molecule has 1 aromatic carbocycles. The van der Waals surface area contributed by atoms with E-state index in [1.165, 1.54) is 24.5 Å². The summed E-state index contributed by atoms with van der Waals surface area (Å²) in [7, 11) is 0. The summed E-state index contributed by atoms with van der Waals surface area (Å²) in [5.41, 5.74) is 4.53. The van der Waals surface area contributed by atoms with E-state index in [1.54, 1.807) is 37.4 Å². The maximum Gasteiger partial charge on any atom is 0.416 e. The van der Waals surface area contributed by atoms with Gasteiger partial charge in [0.05, 0.1) is 35.6 Å². The predicted molar refractivity (Wildman–Crippen MR) is 120 cm³/mol. The van der Waals surface area contributed by atoms with Crippen LogP contribution in [0.1, 0.15) is 17.0 Å². The van der Waals surface area contributed by atoms with E-state index < -0.39 is 17.6 Å². The lowest BCUT2D eigenvalue weighted by Crippen LogP contribution is -2.05. The molecule has 7 nitrogen and oxygen atoms in total. The van der Waals surface area contributed by atoms with Gasteiger partial charge in [-0.3, -0.25) is 9.97 Å². The summed E-state index contributed by atoms with van der Waals surface area (Å²) in [6.45, 7) is 1.79. The van der Waals surface area contributed by atoms with Gasteiger partial charge in [0.2, 0.25) is 5.95 Å². The molecule has 0 atom stereocenters. The van der Waals surface area contributed by atoms with Crippen molar-refractivity contribution in [2.45, 2.75) is 13.1 Å². The SMILES string of the molecule is Cc1cc(-c2nc(N/N=C/c3ccc(Nc4cccc(C(F)(F)F)c4)cn3)ncc2F)ccn1. The van der Waals surface area contributed by atoms with Crippen LogP contribution in [0.5, 0.6) is 0 Å². The number of pyridine rings is 2. The van der Waals surface area contributed by atoms with Crippen molar-refractivity contribution in [1.82, 2.24) is 19.9 Å². The van der Waals surface area contributed by atoms with E-state index in [-0.39, 0.29) is 17.3 Å². The normalized spacial score (nSPS) is 11.6. The first-order valence-corrected chi connectivity index (χ1v) is 9.93. The smallest absolute Gasteiger partial charge is 0.354 e. The summed E-state index contributed by atoms with van der Waals surface area (Å²) in [5.74, 6) is -0.490. The van der Waals surface area contributed by atoms with Gasteiger partial charge in [0, 0.05) is 23.1 Å². The third kappa shape index (κ3) is 5.68. The third-order valence-corrected chi connectivity index (χ3v) is 4.54. The average Bonchev–Trinajstić information content (AvgIpc) is 2.81. The highest BCUT2D eigenvalue weighted by Gasteiger charge is 2.30. The number of anilines is 3. The minimum absolute atomic E-state index is 0.0879. The molecule has 0 aliphatic rings. The van der Waals surface area contributed by atoms with E-state index in [9.17, 15) is 17.6 Å². The minimum Gasteiger partial charge on any atom is -0.354 e.